The van der Waals surface area contributed by atoms with E-state index in [-0.39, 0.29) is 5.41 Å². The Bertz CT molecular complexity index is 598. The van der Waals surface area contributed by atoms with Gasteiger partial charge in [-0.3, -0.25) is 0 Å². The maximum Gasteiger partial charge on any atom is 0.130 e. The lowest BCUT2D eigenvalue weighted by atomic mass is 9.75. The van der Waals surface area contributed by atoms with Crippen LogP contribution in [0.25, 0.3) is 0 Å². The third kappa shape index (κ3) is 2.61. The minimum atomic E-state index is -0.0825. The third-order valence-electron chi connectivity index (χ3n) is 3.86. The molecule has 1 aromatic carbocycles. The van der Waals surface area contributed by atoms with Crippen LogP contribution in [0.15, 0.2) is 36.4 Å². The lowest BCUT2D eigenvalue weighted by molar-refractivity contribution is 0.447. The highest BCUT2D eigenvalue weighted by Gasteiger charge is 2.32. The number of rotatable bonds is 4. The first-order valence-electron chi connectivity index (χ1n) is 6.76. The first-order valence-corrected chi connectivity index (χ1v) is 7.17. The molecule has 0 aliphatic rings. The average Bonchev–Trinajstić information content (AvgIpc) is 2.41. The van der Waals surface area contributed by atoms with Gasteiger partial charge in [0.2, 0.25) is 0 Å². The van der Waals surface area contributed by atoms with Gasteiger partial charge in [-0.25, -0.2) is 4.98 Å². The van der Waals surface area contributed by atoms with Crippen LogP contribution < -0.4 is 0 Å². The summed E-state index contributed by atoms with van der Waals surface area (Å²) in [6.45, 7) is 6.44. The normalized spacial score (nSPS) is 11.5. The van der Waals surface area contributed by atoms with Gasteiger partial charge in [-0.15, -0.1) is 0 Å². The Kier molecular flexibility index (Phi) is 4.15. The second-order valence-electron chi connectivity index (χ2n) is 4.91. The number of hydrogen-bond donors (Lipinski definition) is 1. The van der Waals surface area contributed by atoms with Gasteiger partial charge in [-0.1, -0.05) is 56.4 Å². The fourth-order valence-corrected chi connectivity index (χ4v) is 2.96. The molecule has 2 rings (SSSR count). The van der Waals surface area contributed by atoms with Crippen molar-refractivity contribution in [2.75, 3.05) is 0 Å². The maximum atomic E-state index is 5.27. The number of hydrogen-bond acceptors (Lipinski definition) is 2. The van der Waals surface area contributed by atoms with Gasteiger partial charge in [-0.2, -0.15) is 0 Å². The lowest BCUT2D eigenvalue weighted by Gasteiger charge is -2.31. The van der Waals surface area contributed by atoms with E-state index in [2.05, 4.69) is 48.1 Å². The average molecular weight is 272 g/mol. The molecule has 0 saturated heterocycles. The Labute approximate surface area is 119 Å². The molecule has 0 fully saturated rings. The Morgan fingerprint density at radius 3 is 2.32 bits per heavy atom. The zero-order chi connectivity index (χ0) is 13.9. The van der Waals surface area contributed by atoms with Gasteiger partial charge in [0, 0.05) is 5.69 Å². The molecule has 0 spiro atoms. The summed E-state index contributed by atoms with van der Waals surface area (Å²) in [6, 6.07) is 12.5. The summed E-state index contributed by atoms with van der Waals surface area (Å²) < 4.78 is 0.661. The fourth-order valence-electron chi connectivity index (χ4n) is 2.69. The monoisotopic (exact) mass is 272 g/mol. The first-order chi connectivity index (χ1) is 9.12. The number of aromatic nitrogens is 2. The van der Waals surface area contributed by atoms with E-state index >= 15 is 0 Å². The Balaban J connectivity index is 2.66. The molecule has 0 unspecified atom stereocenters. The summed E-state index contributed by atoms with van der Waals surface area (Å²) in [5.41, 5.74) is 2.28. The number of nitrogens with one attached hydrogen (secondary N) is 1. The van der Waals surface area contributed by atoms with E-state index in [1.54, 1.807) is 0 Å². The summed E-state index contributed by atoms with van der Waals surface area (Å²) in [4.78, 5) is 8.00. The van der Waals surface area contributed by atoms with Gasteiger partial charge in [0.05, 0.1) is 5.41 Å². The van der Waals surface area contributed by atoms with Crippen molar-refractivity contribution in [3.05, 3.63) is 58.1 Å². The predicted molar refractivity (Wildman–Crippen MR) is 82.0 cm³/mol. The van der Waals surface area contributed by atoms with Crippen LogP contribution in [0.4, 0.5) is 0 Å². The lowest BCUT2D eigenvalue weighted by Crippen LogP contribution is -2.29. The van der Waals surface area contributed by atoms with Crippen molar-refractivity contribution < 1.29 is 0 Å². The molecular formula is C16H20N2S. The Hall–Kier alpha value is -1.48. The largest absolute Gasteiger partial charge is 0.347 e. The van der Waals surface area contributed by atoms with E-state index in [4.69, 9.17) is 12.2 Å². The van der Waals surface area contributed by atoms with Gasteiger partial charge in [0.25, 0.3) is 0 Å². The second kappa shape index (κ2) is 5.66. The molecule has 1 heterocycles. The van der Waals surface area contributed by atoms with Crippen molar-refractivity contribution in [3.63, 3.8) is 0 Å². The van der Waals surface area contributed by atoms with Crippen LogP contribution >= 0.6 is 12.2 Å². The molecule has 1 aromatic heterocycles. The van der Waals surface area contributed by atoms with Crippen LogP contribution in [-0.4, -0.2) is 9.97 Å². The van der Waals surface area contributed by atoms with E-state index in [1.807, 2.05) is 19.1 Å². The molecule has 0 bridgehead atoms. The number of aromatic amines is 1. The van der Waals surface area contributed by atoms with Crippen molar-refractivity contribution in [3.8, 4) is 0 Å². The molecule has 19 heavy (non-hydrogen) atoms. The van der Waals surface area contributed by atoms with Crippen LogP contribution in [-0.2, 0) is 5.41 Å². The number of H-pyrrole nitrogens is 1. The zero-order valence-electron chi connectivity index (χ0n) is 11.7. The molecule has 0 saturated carbocycles. The van der Waals surface area contributed by atoms with Crippen LogP contribution in [0.2, 0.25) is 0 Å². The van der Waals surface area contributed by atoms with E-state index in [1.165, 1.54) is 5.56 Å². The highest BCUT2D eigenvalue weighted by Crippen LogP contribution is 2.36. The van der Waals surface area contributed by atoms with Crippen molar-refractivity contribution in [1.82, 2.24) is 9.97 Å². The minimum absolute atomic E-state index is 0.0825. The standard InChI is InChI=1S/C16H20N2S/c1-4-16(5-2,13-9-7-6-8-10-13)15-17-12(3)11-14(19)18-15/h6-11H,4-5H2,1-3H3,(H,17,18,19). The fraction of sp³-hybridized carbons (Fsp3) is 0.375. The third-order valence-corrected chi connectivity index (χ3v) is 4.07. The molecule has 3 heteroatoms. The molecule has 0 aliphatic heterocycles. The van der Waals surface area contributed by atoms with Gasteiger partial charge in [0.1, 0.15) is 10.5 Å². The van der Waals surface area contributed by atoms with Gasteiger partial charge >= 0.3 is 0 Å². The summed E-state index contributed by atoms with van der Waals surface area (Å²) in [5, 5.41) is 0. The van der Waals surface area contributed by atoms with E-state index in [9.17, 15) is 0 Å². The number of benzene rings is 1. The summed E-state index contributed by atoms with van der Waals surface area (Å²) in [5.74, 6) is 0.980. The SMILES string of the molecule is CCC(CC)(c1ccccc1)c1nc(=S)cc(C)[nH]1. The molecule has 0 radical (unpaired) electrons. The van der Waals surface area contributed by atoms with Crippen molar-refractivity contribution in [2.45, 2.75) is 39.0 Å². The maximum absolute atomic E-state index is 5.27. The first kappa shape index (κ1) is 13.9. The van der Waals surface area contributed by atoms with Crippen molar-refractivity contribution in [1.29, 1.82) is 0 Å². The molecule has 100 valence electrons. The topological polar surface area (TPSA) is 28.7 Å². The van der Waals surface area contributed by atoms with Gasteiger partial charge in [0.15, 0.2) is 0 Å². The molecule has 2 aromatic rings. The van der Waals surface area contributed by atoms with Crippen molar-refractivity contribution in [2.24, 2.45) is 0 Å². The van der Waals surface area contributed by atoms with Crippen LogP contribution in [0.1, 0.15) is 43.8 Å². The number of aryl methyl sites for hydroxylation is 1. The molecule has 0 aliphatic carbocycles. The van der Waals surface area contributed by atoms with E-state index in [0.29, 0.717) is 4.64 Å². The molecule has 0 atom stereocenters. The molecule has 1 N–H and O–H groups in total. The highest BCUT2D eigenvalue weighted by atomic mass is 32.1. The predicted octanol–water partition coefficient (Wildman–Crippen LogP) is 4.55. The highest BCUT2D eigenvalue weighted by molar-refractivity contribution is 7.71. The van der Waals surface area contributed by atoms with Gasteiger partial charge < -0.3 is 4.98 Å². The number of nitrogens with zero attached hydrogens (tertiary/aromatic N) is 1. The van der Waals surface area contributed by atoms with Crippen LogP contribution in [0.5, 0.6) is 0 Å². The van der Waals surface area contributed by atoms with E-state index in [0.717, 1.165) is 24.4 Å². The zero-order valence-corrected chi connectivity index (χ0v) is 12.6. The van der Waals surface area contributed by atoms with E-state index < -0.39 is 0 Å². The molecular weight excluding hydrogens is 252 g/mol. The Morgan fingerprint density at radius 2 is 1.79 bits per heavy atom. The second-order valence-corrected chi connectivity index (χ2v) is 5.32. The summed E-state index contributed by atoms with van der Waals surface area (Å²) in [6.07, 6.45) is 1.99. The summed E-state index contributed by atoms with van der Waals surface area (Å²) >= 11 is 5.27. The van der Waals surface area contributed by atoms with Crippen LogP contribution in [0.3, 0.4) is 0 Å². The minimum Gasteiger partial charge on any atom is -0.347 e. The molecule has 0 amide bonds. The Morgan fingerprint density at radius 1 is 1.16 bits per heavy atom. The summed E-state index contributed by atoms with van der Waals surface area (Å²) in [7, 11) is 0. The van der Waals surface area contributed by atoms with Crippen molar-refractivity contribution >= 4 is 12.2 Å². The molecule has 2 nitrogen and oxygen atoms in total. The quantitative estimate of drug-likeness (QED) is 0.827. The van der Waals surface area contributed by atoms with Crippen LogP contribution in [0, 0.1) is 11.6 Å². The smallest absolute Gasteiger partial charge is 0.130 e. The van der Waals surface area contributed by atoms with Gasteiger partial charge in [-0.05, 0) is 31.4 Å².